The molecule has 0 atom stereocenters. The summed E-state index contributed by atoms with van der Waals surface area (Å²) in [4.78, 5) is 11.9. The van der Waals surface area contributed by atoms with Crippen LogP contribution in [-0.4, -0.2) is 20.8 Å². The van der Waals surface area contributed by atoms with Crippen LogP contribution >= 0.6 is 15.9 Å². The Morgan fingerprint density at radius 2 is 2.33 bits per heavy atom. The molecule has 0 saturated heterocycles. The van der Waals surface area contributed by atoms with Crippen LogP contribution in [0.15, 0.2) is 35.1 Å². The van der Waals surface area contributed by atoms with Gasteiger partial charge in [0, 0.05) is 18.3 Å². The van der Waals surface area contributed by atoms with E-state index in [0.717, 1.165) is 6.54 Å². The van der Waals surface area contributed by atoms with Crippen LogP contribution in [-0.2, 0) is 6.54 Å². The highest BCUT2D eigenvalue weighted by molar-refractivity contribution is 9.10. The number of benzene rings is 1. The van der Waals surface area contributed by atoms with Crippen molar-refractivity contribution in [3.8, 4) is 5.75 Å². The molecule has 2 N–H and O–H groups in total. The monoisotopic (exact) mass is 309 g/mol. The van der Waals surface area contributed by atoms with Gasteiger partial charge in [0.2, 0.25) is 0 Å². The second kappa shape index (κ2) is 5.22. The Labute approximate surface area is 113 Å². The van der Waals surface area contributed by atoms with E-state index in [4.69, 9.17) is 0 Å². The third-order valence-corrected chi connectivity index (χ3v) is 3.09. The van der Waals surface area contributed by atoms with Gasteiger partial charge in [0.1, 0.15) is 5.75 Å². The molecule has 2 aromatic rings. The number of phenolic OH excluding ortho intramolecular Hbond substituents is 1. The number of anilines is 1. The van der Waals surface area contributed by atoms with Crippen molar-refractivity contribution in [3.05, 3.63) is 40.6 Å². The summed E-state index contributed by atoms with van der Waals surface area (Å²) in [6.45, 7) is 2.71. The smallest absolute Gasteiger partial charge is 0.255 e. The number of carbonyl (C=O) groups is 1. The van der Waals surface area contributed by atoms with E-state index in [1.54, 1.807) is 29.2 Å². The number of aryl methyl sites for hydroxylation is 1. The van der Waals surface area contributed by atoms with Gasteiger partial charge in [0.15, 0.2) is 0 Å². The molecule has 1 aromatic carbocycles. The average molecular weight is 310 g/mol. The second-order valence-corrected chi connectivity index (χ2v) is 4.56. The Morgan fingerprint density at radius 3 is 2.94 bits per heavy atom. The largest absolute Gasteiger partial charge is 0.507 e. The summed E-state index contributed by atoms with van der Waals surface area (Å²) in [5.41, 5.74) is 1.02. The van der Waals surface area contributed by atoms with E-state index >= 15 is 0 Å². The van der Waals surface area contributed by atoms with Crippen LogP contribution in [0.3, 0.4) is 0 Å². The van der Waals surface area contributed by atoms with Gasteiger partial charge in [0.25, 0.3) is 5.91 Å². The van der Waals surface area contributed by atoms with Crippen LogP contribution in [0, 0.1) is 0 Å². The predicted molar refractivity (Wildman–Crippen MR) is 71.7 cm³/mol. The van der Waals surface area contributed by atoms with Gasteiger partial charge in [-0.1, -0.05) is 0 Å². The Bertz CT molecular complexity index is 580. The van der Waals surface area contributed by atoms with Crippen LogP contribution in [0.2, 0.25) is 0 Å². The highest BCUT2D eigenvalue weighted by atomic mass is 79.9. The zero-order chi connectivity index (χ0) is 13.1. The van der Waals surface area contributed by atoms with E-state index in [-0.39, 0.29) is 11.7 Å². The maximum Gasteiger partial charge on any atom is 0.255 e. The van der Waals surface area contributed by atoms with E-state index < -0.39 is 0 Å². The van der Waals surface area contributed by atoms with Crippen molar-refractivity contribution in [2.75, 3.05) is 5.32 Å². The predicted octanol–water partition coefficient (Wildman–Crippen LogP) is 2.62. The van der Waals surface area contributed by atoms with Crippen LogP contribution < -0.4 is 5.32 Å². The summed E-state index contributed by atoms with van der Waals surface area (Å²) < 4.78 is 2.27. The van der Waals surface area contributed by atoms with Crippen molar-refractivity contribution in [1.29, 1.82) is 0 Å². The minimum absolute atomic E-state index is 0.0342. The number of amides is 1. The molecule has 0 unspecified atom stereocenters. The molecule has 0 bridgehead atoms. The van der Waals surface area contributed by atoms with Crippen molar-refractivity contribution in [2.45, 2.75) is 13.5 Å². The molecule has 0 aliphatic carbocycles. The molecule has 1 heterocycles. The van der Waals surface area contributed by atoms with E-state index in [2.05, 4.69) is 26.3 Å². The van der Waals surface area contributed by atoms with Crippen LogP contribution in [0.1, 0.15) is 17.3 Å². The Balaban J connectivity index is 2.14. The first-order valence-electron chi connectivity index (χ1n) is 5.42. The third kappa shape index (κ3) is 2.70. The summed E-state index contributed by atoms with van der Waals surface area (Å²) in [5.74, 6) is -0.250. The van der Waals surface area contributed by atoms with Crippen LogP contribution in [0.4, 0.5) is 5.69 Å². The third-order valence-electron chi connectivity index (χ3n) is 2.42. The van der Waals surface area contributed by atoms with Gasteiger partial charge < -0.3 is 10.4 Å². The zero-order valence-corrected chi connectivity index (χ0v) is 11.3. The maximum absolute atomic E-state index is 11.9. The molecule has 2 rings (SSSR count). The lowest BCUT2D eigenvalue weighted by Gasteiger charge is -2.04. The quantitative estimate of drug-likeness (QED) is 0.916. The van der Waals surface area contributed by atoms with Crippen molar-refractivity contribution in [3.63, 3.8) is 0 Å². The number of hydrogen-bond donors (Lipinski definition) is 2. The van der Waals surface area contributed by atoms with E-state index in [9.17, 15) is 9.90 Å². The van der Waals surface area contributed by atoms with Gasteiger partial charge in [0.05, 0.1) is 16.4 Å². The summed E-state index contributed by atoms with van der Waals surface area (Å²) >= 11 is 3.16. The van der Waals surface area contributed by atoms with Gasteiger partial charge >= 0.3 is 0 Å². The van der Waals surface area contributed by atoms with Gasteiger partial charge in [-0.25, -0.2) is 0 Å². The molecule has 1 amide bonds. The molecule has 0 aliphatic rings. The van der Waals surface area contributed by atoms with Gasteiger partial charge in [-0.2, -0.15) is 5.10 Å². The molecule has 0 fully saturated rings. The van der Waals surface area contributed by atoms with Crippen LogP contribution in [0.5, 0.6) is 5.75 Å². The maximum atomic E-state index is 11.9. The minimum atomic E-state index is -0.284. The minimum Gasteiger partial charge on any atom is -0.507 e. The molecular weight excluding hydrogens is 298 g/mol. The SMILES string of the molecule is CCn1cc(NC(=O)c2ccc(Br)c(O)c2)cn1. The summed E-state index contributed by atoms with van der Waals surface area (Å²) in [6.07, 6.45) is 3.33. The van der Waals surface area contributed by atoms with Gasteiger partial charge in [-0.3, -0.25) is 9.48 Å². The van der Waals surface area contributed by atoms with Gasteiger partial charge in [-0.15, -0.1) is 0 Å². The molecule has 6 heteroatoms. The molecule has 0 radical (unpaired) electrons. The zero-order valence-electron chi connectivity index (χ0n) is 9.72. The number of phenols is 1. The molecular formula is C12H12BrN3O2. The fourth-order valence-corrected chi connectivity index (χ4v) is 1.70. The lowest BCUT2D eigenvalue weighted by molar-refractivity contribution is 0.102. The molecule has 0 saturated carbocycles. The van der Waals surface area contributed by atoms with Crippen molar-refractivity contribution >= 4 is 27.5 Å². The molecule has 18 heavy (non-hydrogen) atoms. The first-order valence-corrected chi connectivity index (χ1v) is 6.21. The number of aromatic nitrogens is 2. The average Bonchev–Trinajstić information content (AvgIpc) is 2.80. The lowest BCUT2D eigenvalue weighted by atomic mass is 10.2. The number of nitrogens with one attached hydrogen (secondary N) is 1. The Morgan fingerprint density at radius 1 is 1.56 bits per heavy atom. The fraction of sp³-hybridized carbons (Fsp3) is 0.167. The first-order chi connectivity index (χ1) is 8.60. The second-order valence-electron chi connectivity index (χ2n) is 3.71. The highest BCUT2D eigenvalue weighted by Crippen LogP contribution is 2.24. The van der Waals surface area contributed by atoms with E-state index in [1.807, 2.05) is 6.92 Å². The molecule has 5 nitrogen and oxygen atoms in total. The van der Waals surface area contributed by atoms with Crippen LogP contribution in [0.25, 0.3) is 0 Å². The molecule has 1 aromatic heterocycles. The molecule has 0 spiro atoms. The number of aromatic hydroxyl groups is 1. The number of hydrogen-bond acceptors (Lipinski definition) is 3. The number of rotatable bonds is 3. The normalized spacial score (nSPS) is 10.3. The molecule has 94 valence electrons. The number of halogens is 1. The topological polar surface area (TPSA) is 67.2 Å². The Kier molecular flexibility index (Phi) is 3.66. The van der Waals surface area contributed by atoms with E-state index in [1.165, 1.54) is 6.07 Å². The lowest BCUT2D eigenvalue weighted by Crippen LogP contribution is -2.11. The fourth-order valence-electron chi connectivity index (χ4n) is 1.46. The summed E-state index contributed by atoms with van der Waals surface area (Å²) in [6, 6.07) is 4.66. The van der Waals surface area contributed by atoms with Crippen molar-refractivity contribution < 1.29 is 9.90 Å². The molecule has 0 aliphatic heterocycles. The Hall–Kier alpha value is -1.82. The number of carbonyl (C=O) groups excluding carboxylic acids is 1. The number of nitrogens with zero attached hydrogens (tertiary/aromatic N) is 2. The summed E-state index contributed by atoms with van der Waals surface area (Å²) in [5, 5.41) is 16.3. The van der Waals surface area contributed by atoms with Crippen molar-refractivity contribution in [2.24, 2.45) is 0 Å². The van der Waals surface area contributed by atoms with E-state index in [0.29, 0.717) is 15.7 Å². The van der Waals surface area contributed by atoms with Crippen molar-refractivity contribution in [1.82, 2.24) is 9.78 Å². The standard InChI is InChI=1S/C12H12BrN3O2/c1-2-16-7-9(6-14-16)15-12(18)8-3-4-10(13)11(17)5-8/h3-7,17H,2H2,1H3,(H,15,18). The van der Waals surface area contributed by atoms with Gasteiger partial charge in [-0.05, 0) is 41.1 Å². The first kappa shape index (κ1) is 12.6. The summed E-state index contributed by atoms with van der Waals surface area (Å²) in [7, 11) is 0. The highest BCUT2D eigenvalue weighted by Gasteiger charge is 2.09.